The average Bonchev–Trinajstić information content (AvgIpc) is 1.88. The maximum Gasteiger partial charge on any atom is 0.103 e. The zero-order chi connectivity index (χ0) is 7.56. The first kappa shape index (κ1) is 7.66. The highest BCUT2D eigenvalue weighted by atomic mass is 35.5. The van der Waals surface area contributed by atoms with E-state index in [9.17, 15) is 0 Å². The highest BCUT2D eigenvalue weighted by molar-refractivity contribution is 6.36. The van der Waals surface area contributed by atoms with Crippen LogP contribution in [0.3, 0.4) is 0 Å². The summed E-state index contributed by atoms with van der Waals surface area (Å²) in [6.07, 6.45) is 0. The van der Waals surface area contributed by atoms with Crippen molar-refractivity contribution in [1.29, 1.82) is 0 Å². The molecule has 2 nitrogen and oxygen atoms in total. The Morgan fingerprint density at radius 2 is 2.00 bits per heavy atom. The molecule has 0 unspecified atom stereocenters. The summed E-state index contributed by atoms with van der Waals surface area (Å²) in [6.45, 7) is 0. The van der Waals surface area contributed by atoms with Crippen LogP contribution in [0.15, 0.2) is 18.2 Å². The first-order valence-electron chi connectivity index (χ1n) is 2.72. The van der Waals surface area contributed by atoms with E-state index in [0.717, 1.165) is 5.69 Å². The van der Waals surface area contributed by atoms with Crippen molar-refractivity contribution < 1.29 is 5.84 Å². The minimum absolute atomic E-state index is 0.586. The smallest absolute Gasteiger partial charge is 0.103 e. The van der Waals surface area contributed by atoms with Gasteiger partial charge in [0.05, 0.1) is 5.02 Å². The average molecular weight is 178 g/mol. The van der Waals surface area contributed by atoms with Gasteiger partial charge in [0, 0.05) is 5.02 Å². The fraction of sp³-hybridized carbons (Fsp3) is 0. The Hall–Kier alpha value is -0.440. The van der Waals surface area contributed by atoms with Crippen LogP contribution in [0.2, 0.25) is 10.0 Å². The van der Waals surface area contributed by atoms with Crippen LogP contribution in [0.5, 0.6) is 0 Å². The highest BCUT2D eigenvalue weighted by Gasteiger charge is 1.98. The lowest BCUT2D eigenvalue weighted by molar-refractivity contribution is -0.325. The fourth-order valence-corrected chi connectivity index (χ4v) is 1.11. The summed E-state index contributed by atoms with van der Waals surface area (Å²) in [6, 6.07) is 5.19. The van der Waals surface area contributed by atoms with E-state index in [0.29, 0.717) is 10.0 Å². The molecule has 0 amide bonds. The number of benzene rings is 1. The third-order valence-electron chi connectivity index (χ3n) is 1.12. The fourth-order valence-electron chi connectivity index (χ4n) is 0.633. The van der Waals surface area contributed by atoms with Crippen LogP contribution >= 0.6 is 23.2 Å². The molecule has 0 spiro atoms. The SMILES string of the molecule is [NH3+]Nc1ccc(Cl)cc1Cl. The van der Waals surface area contributed by atoms with Crippen LogP contribution in [0.4, 0.5) is 5.69 Å². The molecule has 4 N–H and O–H groups in total. The Morgan fingerprint density at radius 3 is 2.50 bits per heavy atom. The van der Waals surface area contributed by atoms with Gasteiger partial charge in [-0.05, 0) is 18.2 Å². The number of anilines is 1. The number of nitrogens with one attached hydrogen (secondary N) is 1. The number of hydrogen-bond acceptors (Lipinski definition) is 1. The number of quaternary nitrogens is 1. The van der Waals surface area contributed by atoms with Crippen molar-refractivity contribution in [3.05, 3.63) is 28.2 Å². The molecule has 0 aliphatic carbocycles. The largest absolute Gasteiger partial charge is 0.258 e. The number of hydrogen-bond donors (Lipinski definition) is 2. The quantitative estimate of drug-likeness (QED) is 0.629. The molecule has 10 heavy (non-hydrogen) atoms. The molecule has 1 aromatic rings. The standard InChI is InChI=1S/C6H6Cl2N2/c7-4-1-2-6(10-9)5(8)3-4/h1-3,10H,9H2/p+1. The minimum atomic E-state index is 0.586. The van der Waals surface area contributed by atoms with Crippen LogP contribution in [-0.4, -0.2) is 0 Å². The van der Waals surface area contributed by atoms with E-state index in [2.05, 4.69) is 11.3 Å². The van der Waals surface area contributed by atoms with Crippen molar-refractivity contribution in [2.45, 2.75) is 0 Å². The van der Waals surface area contributed by atoms with Gasteiger partial charge in [-0.3, -0.25) is 5.84 Å². The summed E-state index contributed by atoms with van der Waals surface area (Å²) in [5.41, 5.74) is 3.47. The zero-order valence-corrected chi connectivity index (χ0v) is 6.71. The van der Waals surface area contributed by atoms with Crippen LogP contribution in [0, 0.1) is 0 Å². The van der Waals surface area contributed by atoms with E-state index in [1.165, 1.54) is 0 Å². The summed E-state index contributed by atoms with van der Waals surface area (Å²) < 4.78 is 0. The summed E-state index contributed by atoms with van der Waals surface area (Å²) in [5, 5.41) is 1.21. The number of rotatable bonds is 1. The Bertz CT molecular complexity index is 237. The second kappa shape index (κ2) is 3.10. The van der Waals surface area contributed by atoms with E-state index in [4.69, 9.17) is 23.2 Å². The normalized spacial score (nSPS) is 9.50. The summed E-state index contributed by atoms with van der Waals surface area (Å²) in [5.74, 6) is 3.47. The molecule has 4 heteroatoms. The second-order valence-electron chi connectivity index (χ2n) is 1.80. The molecular weight excluding hydrogens is 171 g/mol. The van der Waals surface area contributed by atoms with Gasteiger partial charge in [0.1, 0.15) is 5.69 Å². The molecule has 1 rings (SSSR count). The van der Waals surface area contributed by atoms with Crippen molar-refractivity contribution in [1.82, 2.24) is 0 Å². The first-order valence-corrected chi connectivity index (χ1v) is 3.48. The predicted octanol–water partition coefficient (Wildman–Crippen LogP) is 1.56. The Labute approximate surface area is 68.9 Å². The van der Waals surface area contributed by atoms with Gasteiger partial charge in [0.25, 0.3) is 0 Å². The van der Waals surface area contributed by atoms with Gasteiger partial charge >= 0.3 is 0 Å². The first-order chi connectivity index (χ1) is 4.74. The maximum atomic E-state index is 5.74. The summed E-state index contributed by atoms with van der Waals surface area (Å²) in [4.78, 5) is 0. The van der Waals surface area contributed by atoms with Gasteiger partial charge < -0.3 is 0 Å². The minimum Gasteiger partial charge on any atom is -0.258 e. The molecule has 0 saturated heterocycles. The maximum absolute atomic E-state index is 5.74. The van der Waals surface area contributed by atoms with E-state index < -0.39 is 0 Å². The van der Waals surface area contributed by atoms with Gasteiger partial charge in [-0.2, -0.15) is 0 Å². The Kier molecular flexibility index (Phi) is 2.38. The molecule has 0 bridgehead atoms. The molecule has 0 fully saturated rings. The summed E-state index contributed by atoms with van der Waals surface area (Å²) >= 11 is 11.4. The van der Waals surface area contributed by atoms with Crippen molar-refractivity contribution in [3.8, 4) is 0 Å². The van der Waals surface area contributed by atoms with Crippen LogP contribution in [-0.2, 0) is 0 Å². The summed E-state index contributed by atoms with van der Waals surface area (Å²) in [7, 11) is 0. The molecule has 1 aromatic carbocycles. The van der Waals surface area contributed by atoms with Crippen LogP contribution in [0.25, 0.3) is 0 Å². The molecule has 0 radical (unpaired) electrons. The van der Waals surface area contributed by atoms with Gasteiger partial charge in [-0.15, -0.1) is 0 Å². The van der Waals surface area contributed by atoms with Gasteiger partial charge in [-0.1, -0.05) is 23.2 Å². The third-order valence-corrected chi connectivity index (χ3v) is 1.67. The molecular formula is C6H7Cl2N2+. The Balaban J connectivity index is 3.07. The van der Waals surface area contributed by atoms with E-state index in [1.807, 2.05) is 0 Å². The van der Waals surface area contributed by atoms with Crippen molar-refractivity contribution >= 4 is 28.9 Å². The molecule has 54 valence electrons. The third kappa shape index (κ3) is 1.53. The zero-order valence-electron chi connectivity index (χ0n) is 5.20. The van der Waals surface area contributed by atoms with Gasteiger partial charge in [0.2, 0.25) is 0 Å². The number of halogens is 2. The van der Waals surface area contributed by atoms with Gasteiger partial charge in [-0.25, -0.2) is 5.43 Å². The van der Waals surface area contributed by atoms with Gasteiger partial charge in [0.15, 0.2) is 0 Å². The molecule has 0 saturated carbocycles. The lowest BCUT2D eigenvalue weighted by atomic mass is 10.3. The molecule has 0 heterocycles. The lowest BCUT2D eigenvalue weighted by Crippen LogP contribution is -2.56. The van der Waals surface area contributed by atoms with E-state index in [-0.39, 0.29) is 0 Å². The van der Waals surface area contributed by atoms with Crippen molar-refractivity contribution in [2.24, 2.45) is 0 Å². The molecule has 0 aromatic heterocycles. The highest BCUT2D eigenvalue weighted by Crippen LogP contribution is 2.23. The molecule has 0 atom stereocenters. The topological polar surface area (TPSA) is 39.7 Å². The van der Waals surface area contributed by atoms with Crippen molar-refractivity contribution in [2.75, 3.05) is 5.43 Å². The monoisotopic (exact) mass is 177 g/mol. The van der Waals surface area contributed by atoms with Crippen LogP contribution in [0.1, 0.15) is 0 Å². The molecule has 0 aliphatic rings. The van der Waals surface area contributed by atoms with Crippen molar-refractivity contribution in [3.63, 3.8) is 0 Å². The lowest BCUT2D eigenvalue weighted by Gasteiger charge is -1.98. The Morgan fingerprint density at radius 1 is 1.30 bits per heavy atom. The predicted molar refractivity (Wildman–Crippen MR) is 43.0 cm³/mol. The van der Waals surface area contributed by atoms with Crippen LogP contribution < -0.4 is 11.3 Å². The molecule has 0 aliphatic heterocycles. The second-order valence-corrected chi connectivity index (χ2v) is 2.64. The van der Waals surface area contributed by atoms with E-state index >= 15 is 0 Å². The van der Waals surface area contributed by atoms with E-state index in [1.54, 1.807) is 18.2 Å².